The molecule has 1 N–H and O–H groups in total. The Bertz CT molecular complexity index is 319. The summed E-state index contributed by atoms with van der Waals surface area (Å²) >= 11 is 0. The van der Waals surface area contributed by atoms with Crippen LogP contribution in [0.3, 0.4) is 0 Å². The van der Waals surface area contributed by atoms with E-state index in [2.05, 4.69) is 22.4 Å². The second-order valence-corrected chi connectivity index (χ2v) is 3.10. The van der Waals surface area contributed by atoms with E-state index < -0.39 is 0 Å². The molecule has 0 saturated carbocycles. The summed E-state index contributed by atoms with van der Waals surface area (Å²) in [5.74, 6) is 0. The Labute approximate surface area is 91.0 Å². The normalized spacial score (nSPS) is 8.93. The predicted molar refractivity (Wildman–Crippen MR) is 64.7 cm³/mol. The molecule has 2 heteroatoms. The van der Waals surface area contributed by atoms with Gasteiger partial charge in [0, 0.05) is 12.4 Å². The second kappa shape index (κ2) is 6.74. The van der Waals surface area contributed by atoms with Gasteiger partial charge in [0.05, 0.1) is 0 Å². The van der Waals surface area contributed by atoms with Gasteiger partial charge in [-0.3, -0.25) is 4.98 Å². The van der Waals surface area contributed by atoms with Crippen molar-refractivity contribution in [3.63, 3.8) is 0 Å². The lowest BCUT2D eigenvalue weighted by atomic mass is 10.1. The van der Waals surface area contributed by atoms with E-state index in [1.54, 1.807) is 0 Å². The standard InChI is InChI=1S/C11H9N.C2H7N/c1-2-4-10(5-3-1)11-6-8-12-9-7-11;1-3-2/h1-9H;3H,1-2H3. The fraction of sp³-hybridized carbons (Fsp3) is 0.154. The zero-order chi connectivity index (χ0) is 10.9. The van der Waals surface area contributed by atoms with Gasteiger partial charge in [-0.15, -0.1) is 0 Å². The predicted octanol–water partition coefficient (Wildman–Crippen LogP) is 2.58. The van der Waals surface area contributed by atoms with Crippen LogP contribution in [0.4, 0.5) is 0 Å². The first kappa shape index (κ1) is 11.4. The number of pyridine rings is 1. The number of nitrogens with one attached hydrogen (secondary N) is 1. The summed E-state index contributed by atoms with van der Waals surface area (Å²) in [6, 6.07) is 14.3. The van der Waals surface area contributed by atoms with Crippen LogP contribution in [-0.2, 0) is 0 Å². The van der Waals surface area contributed by atoms with Crippen LogP contribution in [0.1, 0.15) is 0 Å². The Morgan fingerprint density at radius 3 is 1.80 bits per heavy atom. The maximum atomic E-state index is 3.97. The molecule has 0 saturated heterocycles. The second-order valence-electron chi connectivity index (χ2n) is 3.10. The topological polar surface area (TPSA) is 24.9 Å². The molecule has 1 heterocycles. The summed E-state index contributed by atoms with van der Waals surface area (Å²) in [6.07, 6.45) is 3.62. The van der Waals surface area contributed by atoms with Gasteiger partial charge in [0.2, 0.25) is 0 Å². The van der Waals surface area contributed by atoms with Crippen molar-refractivity contribution in [3.05, 3.63) is 54.9 Å². The van der Waals surface area contributed by atoms with Gasteiger partial charge in [0.25, 0.3) is 0 Å². The molecule has 0 unspecified atom stereocenters. The van der Waals surface area contributed by atoms with Gasteiger partial charge < -0.3 is 5.32 Å². The molecular weight excluding hydrogens is 184 g/mol. The fourth-order valence-corrected chi connectivity index (χ4v) is 1.17. The van der Waals surface area contributed by atoms with E-state index in [1.165, 1.54) is 11.1 Å². The largest absolute Gasteiger partial charge is 0.323 e. The third kappa shape index (κ3) is 3.92. The number of hydrogen-bond acceptors (Lipinski definition) is 2. The highest BCUT2D eigenvalue weighted by molar-refractivity contribution is 5.62. The van der Waals surface area contributed by atoms with Gasteiger partial charge >= 0.3 is 0 Å². The van der Waals surface area contributed by atoms with Crippen molar-refractivity contribution in [1.82, 2.24) is 10.3 Å². The molecule has 2 aromatic rings. The first-order valence-electron chi connectivity index (χ1n) is 4.92. The van der Waals surface area contributed by atoms with Gasteiger partial charge in [-0.05, 0) is 37.4 Å². The van der Waals surface area contributed by atoms with Crippen LogP contribution < -0.4 is 5.32 Å². The van der Waals surface area contributed by atoms with Crippen LogP contribution in [0, 0.1) is 0 Å². The molecule has 0 aliphatic carbocycles. The van der Waals surface area contributed by atoms with Crippen molar-refractivity contribution in [2.24, 2.45) is 0 Å². The molecule has 0 fully saturated rings. The van der Waals surface area contributed by atoms with Crippen molar-refractivity contribution < 1.29 is 0 Å². The molecule has 0 spiro atoms. The summed E-state index contributed by atoms with van der Waals surface area (Å²) in [5.41, 5.74) is 2.45. The summed E-state index contributed by atoms with van der Waals surface area (Å²) in [4.78, 5) is 3.97. The number of benzene rings is 1. The van der Waals surface area contributed by atoms with Crippen molar-refractivity contribution in [1.29, 1.82) is 0 Å². The van der Waals surface area contributed by atoms with Gasteiger partial charge in [-0.25, -0.2) is 0 Å². The SMILES string of the molecule is CNC.c1ccc(-c2ccncc2)cc1. The van der Waals surface area contributed by atoms with E-state index >= 15 is 0 Å². The Morgan fingerprint density at radius 1 is 0.800 bits per heavy atom. The lowest BCUT2D eigenvalue weighted by Gasteiger charge is -1.98. The summed E-state index contributed by atoms with van der Waals surface area (Å²) in [5, 5.41) is 2.75. The first-order chi connectivity index (χ1) is 7.38. The number of nitrogens with zero attached hydrogens (tertiary/aromatic N) is 1. The number of hydrogen-bond donors (Lipinski definition) is 1. The van der Waals surface area contributed by atoms with Crippen molar-refractivity contribution in [3.8, 4) is 11.1 Å². The Hall–Kier alpha value is -1.67. The monoisotopic (exact) mass is 200 g/mol. The summed E-state index contributed by atoms with van der Waals surface area (Å²) < 4.78 is 0. The van der Waals surface area contributed by atoms with E-state index in [0.717, 1.165) is 0 Å². The first-order valence-corrected chi connectivity index (χ1v) is 4.92. The Kier molecular flexibility index (Phi) is 5.12. The molecule has 2 rings (SSSR count). The minimum atomic E-state index is 1.21. The molecule has 2 nitrogen and oxygen atoms in total. The highest BCUT2D eigenvalue weighted by Gasteiger charge is 1.92. The molecule has 0 atom stereocenters. The van der Waals surface area contributed by atoms with Gasteiger partial charge in [-0.2, -0.15) is 0 Å². The third-order valence-corrected chi connectivity index (χ3v) is 1.79. The van der Waals surface area contributed by atoms with E-state index in [4.69, 9.17) is 0 Å². The smallest absolute Gasteiger partial charge is 0.0273 e. The molecule has 0 aliphatic heterocycles. The quantitative estimate of drug-likeness (QED) is 0.765. The van der Waals surface area contributed by atoms with Crippen molar-refractivity contribution in [2.45, 2.75) is 0 Å². The molecule has 0 aliphatic rings. The lowest BCUT2D eigenvalue weighted by Crippen LogP contribution is -1.89. The number of aromatic nitrogens is 1. The van der Waals surface area contributed by atoms with Crippen molar-refractivity contribution in [2.75, 3.05) is 14.1 Å². The summed E-state index contributed by atoms with van der Waals surface area (Å²) in [6.45, 7) is 0. The molecule has 15 heavy (non-hydrogen) atoms. The van der Waals surface area contributed by atoms with Crippen LogP contribution in [0.25, 0.3) is 11.1 Å². The van der Waals surface area contributed by atoms with Crippen LogP contribution >= 0.6 is 0 Å². The van der Waals surface area contributed by atoms with Crippen molar-refractivity contribution >= 4 is 0 Å². The zero-order valence-electron chi connectivity index (χ0n) is 9.14. The maximum Gasteiger partial charge on any atom is 0.0273 e. The molecule has 78 valence electrons. The van der Waals surface area contributed by atoms with E-state index in [1.807, 2.05) is 56.8 Å². The minimum absolute atomic E-state index is 1.21. The third-order valence-electron chi connectivity index (χ3n) is 1.79. The number of rotatable bonds is 1. The highest BCUT2D eigenvalue weighted by atomic mass is 14.7. The Balaban J connectivity index is 0.000000337. The molecule has 0 radical (unpaired) electrons. The summed E-state index contributed by atoms with van der Waals surface area (Å²) in [7, 11) is 3.75. The Morgan fingerprint density at radius 2 is 1.27 bits per heavy atom. The molecule has 0 bridgehead atoms. The average Bonchev–Trinajstić information content (AvgIpc) is 2.32. The van der Waals surface area contributed by atoms with Gasteiger partial charge in [0.1, 0.15) is 0 Å². The van der Waals surface area contributed by atoms with E-state index in [0.29, 0.717) is 0 Å². The highest BCUT2D eigenvalue weighted by Crippen LogP contribution is 2.16. The minimum Gasteiger partial charge on any atom is -0.323 e. The van der Waals surface area contributed by atoms with Crippen LogP contribution in [0.5, 0.6) is 0 Å². The molecule has 1 aromatic carbocycles. The van der Waals surface area contributed by atoms with Crippen LogP contribution in [0.15, 0.2) is 54.9 Å². The molecular formula is C13H16N2. The van der Waals surface area contributed by atoms with Crippen LogP contribution in [0.2, 0.25) is 0 Å². The molecule has 0 amide bonds. The average molecular weight is 200 g/mol. The zero-order valence-corrected chi connectivity index (χ0v) is 9.14. The van der Waals surface area contributed by atoms with Gasteiger partial charge in [-0.1, -0.05) is 30.3 Å². The lowest BCUT2D eigenvalue weighted by molar-refractivity contribution is 1.02. The van der Waals surface area contributed by atoms with Gasteiger partial charge in [0.15, 0.2) is 0 Å². The van der Waals surface area contributed by atoms with E-state index in [9.17, 15) is 0 Å². The maximum absolute atomic E-state index is 3.97. The molecule has 1 aromatic heterocycles. The van der Waals surface area contributed by atoms with E-state index in [-0.39, 0.29) is 0 Å². The fourth-order valence-electron chi connectivity index (χ4n) is 1.17. The van der Waals surface area contributed by atoms with Crippen LogP contribution in [-0.4, -0.2) is 19.1 Å².